The van der Waals surface area contributed by atoms with Gasteiger partial charge in [-0.25, -0.2) is 9.58 Å². The summed E-state index contributed by atoms with van der Waals surface area (Å²) in [5.74, 6) is -1.03. The van der Waals surface area contributed by atoms with E-state index in [1.807, 2.05) is 32.0 Å². The smallest absolute Gasteiger partial charge is 0.294 e. The molecule has 180 valence electrons. The van der Waals surface area contributed by atoms with Crippen molar-refractivity contribution in [2.45, 2.75) is 26.7 Å². The number of H-pyrrole nitrogens is 1. The van der Waals surface area contributed by atoms with Crippen LogP contribution in [0.1, 0.15) is 30.2 Å². The average molecular weight is 500 g/mol. The molecule has 2 aromatic heterocycles. The lowest BCUT2D eigenvalue weighted by molar-refractivity contribution is -0.576. The highest BCUT2D eigenvalue weighted by Gasteiger charge is 2.48. The molecule has 1 aliphatic rings. The van der Waals surface area contributed by atoms with Crippen LogP contribution in [-0.4, -0.2) is 21.6 Å². The van der Waals surface area contributed by atoms with E-state index < -0.39 is 17.4 Å². The predicted octanol–water partition coefficient (Wildman–Crippen LogP) is 4.31. The van der Waals surface area contributed by atoms with Gasteiger partial charge in [0.15, 0.2) is 12.4 Å². The lowest BCUT2D eigenvalue weighted by Gasteiger charge is -2.14. The van der Waals surface area contributed by atoms with Gasteiger partial charge < -0.3 is 0 Å². The molecular formula is C28H24ClN4O3+. The van der Waals surface area contributed by atoms with Crippen molar-refractivity contribution >= 4 is 40.4 Å². The molecular weight excluding hydrogens is 476 g/mol. The third kappa shape index (κ3) is 3.97. The van der Waals surface area contributed by atoms with Gasteiger partial charge in [0.05, 0.1) is 16.9 Å². The summed E-state index contributed by atoms with van der Waals surface area (Å²) in [6.07, 6.45) is 4.63. The maximum Gasteiger partial charge on any atom is 0.331 e. The molecule has 1 N–H and O–H groups in total. The van der Waals surface area contributed by atoms with Crippen molar-refractivity contribution < 1.29 is 14.2 Å². The van der Waals surface area contributed by atoms with Crippen molar-refractivity contribution in [1.29, 1.82) is 0 Å². The van der Waals surface area contributed by atoms with Crippen LogP contribution in [0.15, 0.2) is 83.9 Å². The summed E-state index contributed by atoms with van der Waals surface area (Å²) in [6.45, 7) is 3.92. The zero-order valence-electron chi connectivity index (χ0n) is 19.9. The molecule has 2 amide bonds. The number of benzene rings is 2. The Balaban J connectivity index is 1.77. The van der Waals surface area contributed by atoms with Crippen LogP contribution in [0.25, 0.3) is 17.0 Å². The molecule has 0 fully saturated rings. The monoisotopic (exact) mass is 499 g/mol. The first kappa shape index (κ1) is 23.5. The van der Waals surface area contributed by atoms with Gasteiger partial charge in [0.25, 0.3) is 17.2 Å². The third-order valence-electron chi connectivity index (χ3n) is 6.11. The number of aromatic nitrogens is 3. The summed E-state index contributed by atoms with van der Waals surface area (Å²) in [5.41, 5.74) is 2.55. The van der Waals surface area contributed by atoms with E-state index in [2.05, 4.69) is 5.10 Å². The molecule has 4 aromatic rings. The van der Waals surface area contributed by atoms with E-state index >= 15 is 0 Å². The Morgan fingerprint density at radius 2 is 1.61 bits per heavy atom. The van der Waals surface area contributed by atoms with Crippen LogP contribution >= 0.6 is 11.6 Å². The van der Waals surface area contributed by atoms with Crippen LogP contribution < -0.4 is 15.0 Å². The fourth-order valence-electron chi connectivity index (χ4n) is 4.43. The van der Waals surface area contributed by atoms with Gasteiger partial charge >= 0.3 is 5.91 Å². The number of carbonyl (C=O) groups excluding carboxylic acids is 2. The molecule has 0 spiro atoms. The van der Waals surface area contributed by atoms with Crippen molar-refractivity contribution in [1.82, 2.24) is 9.78 Å². The lowest BCUT2D eigenvalue weighted by atomic mass is 10.0. The molecule has 0 bridgehead atoms. The SMILES string of the molecule is CCCc1[nH]n(-c2cccc(Cl)c2)c(=O)c1C1=C([n+]2ccccc2)C(=O)N(c2ccc(C)cc2)C1=O. The van der Waals surface area contributed by atoms with E-state index in [0.717, 1.165) is 16.9 Å². The maximum absolute atomic E-state index is 13.9. The molecule has 0 saturated heterocycles. The largest absolute Gasteiger partial charge is 0.331 e. The fraction of sp³-hybridized carbons (Fsp3) is 0.143. The van der Waals surface area contributed by atoms with E-state index in [4.69, 9.17) is 11.6 Å². The predicted molar refractivity (Wildman–Crippen MR) is 139 cm³/mol. The standard InChI is InChI=1S/C28H23ClN4O3/c1-3-8-22-23(27(35)33(30-22)21-10-7-9-19(29)17-21)24-25(31-15-5-4-6-16-31)28(36)32(26(24)34)20-13-11-18(2)12-14-20/h4-7,9-17H,3,8H2,1-2H3/p+1. The number of amides is 2. The summed E-state index contributed by atoms with van der Waals surface area (Å²) in [5, 5.41) is 3.64. The first-order valence-corrected chi connectivity index (χ1v) is 12.0. The number of hydrogen-bond donors (Lipinski definition) is 1. The van der Waals surface area contributed by atoms with Gasteiger partial charge in [0, 0.05) is 22.8 Å². The van der Waals surface area contributed by atoms with Crippen LogP contribution in [0, 0.1) is 6.92 Å². The van der Waals surface area contributed by atoms with Crippen LogP contribution in [0.4, 0.5) is 5.69 Å². The van der Waals surface area contributed by atoms with Gasteiger partial charge in [-0.05, 0) is 43.7 Å². The molecule has 0 atom stereocenters. The van der Waals surface area contributed by atoms with Crippen molar-refractivity contribution in [3.63, 3.8) is 0 Å². The first-order valence-electron chi connectivity index (χ1n) is 11.7. The second-order valence-electron chi connectivity index (χ2n) is 8.62. The van der Waals surface area contributed by atoms with E-state index in [0.29, 0.717) is 28.5 Å². The minimum Gasteiger partial charge on any atom is -0.294 e. The van der Waals surface area contributed by atoms with Crippen LogP contribution in [-0.2, 0) is 16.0 Å². The number of carbonyl (C=O) groups is 2. The van der Waals surface area contributed by atoms with Crippen LogP contribution in [0.3, 0.4) is 0 Å². The van der Waals surface area contributed by atoms with E-state index in [9.17, 15) is 14.4 Å². The van der Waals surface area contributed by atoms with Crippen LogP contribution in [0.2, 0.25) is 5.02 Å². The number of nitrogens with one attached hydrogen (secondary N) is 1. The topological polar surface area (TPSA) is 79.1 Å². The fourth-order valence-corrected chi connectivity index (χ4v) is 4.61. The molecule has 0 unspecified atom stereocenters. The highest BCUT2D eigenvalue weighted by molar-refractivity contribution is 6.53. The summed E-state index contributed by atoms with van der Waals surface area (Å²) in [4.78, 5) is 42.7. The molecule has 1 aliphatic heterocycles. The van der Waals surface area contributed by atoms with Gasteiger partial charge in [0.2, 0.25) is 0 Å². The summed E-state index contributed by atoms with van der Waals surface area (Å²) >= 11 is 6.18. The second-order valence-corrected chi connectivity index (χ2v) is 9.06. The summed E-state index contributed by atoms with van der Waals surface area (Å²) < 4.78 is 2.97. The molecule has 36 heavy (non-hydrogen) atoms. The van der Waals surface area contributed by atoms with Gasteiger partial charge in [0.1, 0.15) is 5.57 Å². The molecule has 0 radical (unpaired) electrons. The minimum atomic E-state index is -0.540. The average Bonchev–Trinajstić information content (AvgIpc) is 3.32. The van der Waals surface area contributed by atoms with Gasteiger partial charge in [-0.1, -0.05) is 54.8 Å². The highest BCUT2D eigenvalue weighted by atomic mass is 35.5. The number of imide groups is 1. The normalized spacial score (nSPS) is 13.7. The number of aromatic amines is 1. The summed E-state index contributed by atoms with van der Waals surface area (Å²) in [7, 11) is 0. The highest BCUT2D eigenvalue weighted by Crippen LogP contribution is 2.34. The molecule has 8 heteroatoms. The Labute approximate surface area is 212 Å². The Hall–Kier alpha value is -4.23. The molecule has 7 nitrogen and oxygen atoms in total. The Bertz CT molecular complexity index is 1570. The Morgan fingerprint density at radius 1 is 0.889 bits per heavy atom. The minimum absolute atomic E-state index is 0.0715. The summed E-state index contributed by atoms with van der Waals surface area (Å²) in [6, 6.07) is 19.4. The number of nitrogens with zero attached hydrogens (tertiary/aromatic N) is 3. The second kappa shape index (κ2) is 9.43. The molecule has 2 aromatic carbocycles. The van der Waals surface area contributed by atoms with E-state index in [1.54, 1.807) is 65.5 Å². The number of aryl methyl sites for hydroxylation is 2. The van der Waals surface area contributed by atoms with E-state index in [1.165, 1.54) is 4.68 Å². The van der Waals surface area contributed by atoms with Crippen molar-refractivity contribution in [2.75, 3.05) is 4.90 Å². The van der Waals surface area contributed by atoms with Crippen LogP contribution in [0.5, 0.6) is 0 Å². The first-order chi connectivity index (χ1) is 17.4. The Morgan fingerprint density at radius 3 is 2.28 bits per heavy atom. The molecule has 5 rings (SSSR count). The van der Waals surface area contributed by atoms with Gasteiger partial charge in [-0.15, -0.1) is 0 Å². The number of rotatable bonds is 6. The van der Waals surface area contributed by atoms with E-state index in [-0.39, 0.29) is 16.8 Å². The molecule has 3 heterocycles. The number of hydrogen-bond acceptors (Lipinski definition) is 3. The quantitative estimate of drug-likeness (QED) is 0.317. The lowest BCUT2D eigenvalue weighted by Crippen LogP contribution is -2.39. The number of halogens is 1. The third-order valence-corrected chi connectivity index (χ3v) is 6.34. The number of anilines is 1. The van der Waals surface area contributed by atoms with Crippen molar-refractivity contribution in [3.05, 3.63) is 111 Å². The number of pyridine rings is 1. The van der Waals surface area contributed by atoms with Crippen molar-refractivity contribution in [2.24, 2.45) is 0 Å². The molecule has 0 aliphatic carbocycles. The van der Waals surface area contributed by atoms with Gasteiger partial charge in [-0.3, -0.25) is 19.5 Å². The molecule has 0 saturated carbocycles. The zero-order valence-corrected chi connectivity index (χ0v) is 20.6. The Kier molecular flexibility index (Phi) is 6.16. The van der Waals surface area contributed by atoms with Gasteiger partial charge in [-0.2, -0.15) is 4.57 Å². The zero-order chi connectivity index (χ0) is 25.4. The maximum atomic E-state index is 13.9. The van der Waals surface area contributed by atoms with Crippen molar-refractivity contribution in [3.8, 4) is 5.69 Å².